The second-order valence-corrected chi connectivity index (χ2v) is 3.53. The van der Waals surface area contributed by atoms with Crippen molar-refractivity contribution < 1.29 is 5.11 Å². The van der Waals surface area contributed by atoms with Gasteiger partial charge in [-0.1, -0.05) is 6.07 Å². The van der Waals surface area contributed by atoms with Gasteiger partial charge in [0.05, 0.1) is 11.8 Å². The van der Waals surface area contributed by atoms with Crippen molar-refractivity contribution in [2.24, 2.45) is 0 Å². The number of nitrogens with zero attached hydrogens (tertiary/aromatic N) is 3. The molecule has 1 unspecified atom stereocenters. The summed E-state index contributed by atoms with van der Waals surface area (Å²) in [5, 5.41) is 13.6. The van der Waals surface area contributed by atoms with Gasteiger partial charge in [-0.05, 0) is 31.5 Å². The van der Waals surface area contributed by atoms with E-state index in [1.807, 2.05) is 31.3 Å². The number of aromatic nitrogens is 3. The van der Waals surface area contributed by atoms with Gasteiger partial charge in [0.2, 0.25) is 0 Å². The maximum atomic E-state index is 9.33. The highest BCUT2D eigenvalue weighted by Gasteiger charge is 2.03. The van der Waals surface area contributed by atoms with Gasteiger partial charge in [-0.15, -0.1) is 0 Å². The van der Waals surface area contributed by atoms with E-state index in [0.29, 0.717) is 0 Å². The van der Waals surface area contributed by atoms with E-state index in [0.717, 1.165) is 17.1 Å². The Balaban J connectivity index is 2.31. The minimum atomic E-state index is -0.481. The summed E-state index contributed by atoms with van der Waals surface area (Å²) < 4.78 is 1.71. The van der Waals surface area contributed by atoms with Crippen LogP contribution in [0.4, 0.5) is 0 Å². The molecule has 78 valence electrons. The number of rotatable bonds is 2. The van der Waals surface area contributed by atoms with E-state index < -0.39 is 6.10 Å². The van der Waals surface area contributed by atoms with Gasteiger partial charge in [-0.25, -0.2) is 9.67 Å². The molecule has 1 atom stereocenters. The zero-order valence-corrected chi connectivity index (χ0v) is 8.75. The van der Waals surface area contributed by atoms with Gasteiger partial charge in [0.15, 0.2) is 5.82 Å². The van der Waals surface area contributed by atoms with Crippen LogP contribution < -0.4 is 0 Å². The molecule has 2 rings (SSSR count). The van der Waals surface area contributed by atoms with Gasteiger partial charge < -0.3 is 5.11 Å². The van der Waals surface area contributed by atoms with E-state index >= 15 is 0 Å². The molecule has 0 amide bonds. The predicted molar refractivity (Wildman–Crippen MR) is 56.7 cm³/mol. The van der Waals surface area contributed by atoms with Crippen LogP contribution in [0, 0.1) is 6.92 Å². The number of hydrogen-bond donors (Lipinski definition) is 1. The fourth-order valence-corrected chi connectivity index (χ4v) is 1.32. The van der Waals surface area contributed by atoms with Crippen LogP contribution in [0.2, 0.25) is 0 Å². The summed E-state index contributed by atoms with van der Waals surface area (Å²) in [5.41, 5.74) is 1.76. The fraction of sp³-hybridized carbons (Fsp3) is 0.273. The van der Waals surface area contributed by atoms with Crippen LogP contribution in [0.25, 0.3) is 5.82 Å². The lowest BCUT2D eigenvalue weighted by molar-refractivity contribution is 0.199. The van der Waals surface area contributed by atoms with Crippen LogP contribution in [0.5, 0.6) is 0 Å². The molecule has 0 fully saturated rings. The molecule has 15 heavy (non-hydrogen) atoms. The SMILES string of the molecule is Cc1ccn(-c2ccc(C(C)O)cn2)n1. The first-order chi connectivity index (χ1) is 7.16. The van der Waals surface area contributed by atoms with Crippen LogP contribution in [-0.2, 0) is 0 Å². The summed E-state index contributed by atoms with van der Waals surface area (Å²) in [6.45, 7) is 3.65. The Hall–Kier alpha value is -1.68. The number of hydrogen-bond acceptors (Lipinski definition) is 3. The number of pyridine rings is 1. The smallest absolute Gasteiger partial charge is 0.153 e. The Morgan fingerprint density at radius 3 is 2.60 bits per heavy atom. The van der Waals surface area contributed by atoms with Crippen LogP contribution in [-0.4, -0.2) is 19.9 Å². The summed E-state index contributed by atoms with van der Waals surface area (Å²) in [6.07, 6.45) is 3.04. The van der Waals surface area contributed by atoms with E-state index in [9.17, 15) is 5.11 Å². The Labute approximate surface area is 88.2 Å². The molecule has 0 saturated carbocycles. The molecular weight excluding hydrogens is 190 g/mol. The second kappa shape index (κ2) is 3.82. The van der Waals surface area contributed by atoms with Crippen molar-refractivity contribution in [1.29, 1.82) is 0 Å². The maximum Gasteiger partial charge on any atom is 0.153 e. The topological polar surface area (TPSA) is 50.9 Å². The number of aliphatic hydroxyl groups excluding tert-OH is 1. The van der Waals surface area contributed by atoms with Gasteiger partial charge in [-0.3, -0.25) is 0 Å². The zero-order chi connectivity index (χ0) is 10.8. The fourth-order valence-electron chi connectivity index (χ4n) is 1.32. The normalized spacial score (nSPS) is 12.7. The maximum absolute atomic E-state index is 9.33. The lowest BCUT2D eigenvalue weighted by atomic mass is 10.2. The molecule has 0 aromatic carbocycles. The first-order valence-electron chi connectivity index (χ1n) is 4.83. The molecule has 0 radical (unpaired) electrons. The highest BCUT2D eigenvalue weighted by molar-refractivity contribution is 5.25. The third-order valence-electron chi connectivity index (χ3n) is 2.21. The van der Waals surface area contributed by atoms with E-state index in [4.69, 9.17) is 0 Å². The summed E-state index contributed by atoms with van der Waals surface area (Å²) in [7, 11) is 0. The van der Waals surface area contributed by atoms with Crippen molar-refractivity contribution in [3.05, 3.63) is 41.9 Å². The first-order valence-corrected chi connectivity index (χ1v) is 4.83. The van der Waals surface area contributed by atoms with Crippen LogP contribution in [0.15, 0.2) is 30.6 Å². The van der Waals surface area contributed by atoms with E-state index in [1.54, 1.807) is 17.8 Å². The average molecular weight is 203 g/mol. The van der Waals surface area contributed by atoms with Crippen molar-refractivity contribution in [1.82, 2.24) is 14.8 Å². The Kier molecular flexibility index (Phi) is 2.51. The Morgan fingerprint density at radius 1 is 1.33 bits per heavy atom. The second-order valence-electron chi connectivity index (χ2n) is 3.53. The largest absolute Gasteiger partial charge is 0.389 e. The van der Waals surface area contributed by atoms with Crippen LogP contribution in [0.1, 0.15) is 24.3 Å². The summed E-state index contributed by atoms with van der Waals surface area (Å²) >= 11 is 0. The standard InChI is InChI=1S/C11H13N3O/c1-8-5-6-14(13-8)11-4-3-10(7-12-11)9(2)15/h3-7,9,15H,1-2H3. The minimum absolute atomic E-state index is 0.481. The summed E-state index contributed by atoms with van der Waals surface area (Å²) in [4.78, 5) is 4.22. The molecule has 0 spiro atoms. The molecule has 2 aromatic rings. The molecule has 4 nitrogen and oxygen atoms in total. The van der Waals surface area contributed by atoms with Crippen LogP contribution in [0.3, 0.4) is 0 Å². The highest BCUT2D eigenvalue weighted by Crippen LogP contribution is 2.12. The molecule has 0 aliphatic heterocycles. The van der Waals surface area contributed by atoms with Gasteiger partial charge >= 0.3 is 0 Å². The number of aliphatic hydroxyl groups is 1. The predicted octanol–water partition coefficient (Wildman–Crippen LogP) is 1.63. The molecule has 2 aromatic heterocycles. The first kappa shape index (κ1) is 9.86. The molecule has 0 aliphatic carbocycles. The number of aryl methyl sites for hydroxylation is 1. The van der Waals surface area contributed by atoms with Gasteiger partial charge in [-0.2, -0.15) is 5.10 Å². The van der Waals surface area contributed by atoms with Gasteiger partial charge in [0.25, 0.3) is 0 Å². The molecular formula is C11H13N3O. The van der Waals surface area contributed by atoms with Crippen molar-refractivity contribution in [3.63, 3.8) is 0 Å². The van der Waals surface area contributed by atoms with Crippen molar-refractivity contribution in [2.75, 3.05) is 0 Å². The Morgan fingerprint density at radius 2 is 2.13 bits per heavy atom. The van der Waals surface area contributed by atoms with Gasteiger partial charge in [0, 0.05) is 12.4 Å². The van der Waals surface area contributed by atoms with E-state index in [-0.39, 0.29) is 0 Å². The zero-order valence-electron chi connectivity index (χ0n) is 8.75. The molecule has 0 aliphatic rings. The highest BCUT2D eigenvalue weighted by atomic mass is 16.3. The molecule has 2 heterocycles. The molecule has 0 saturated heterocycles. The molecule has 1 N–H and O–H groups in total. The minimum Gasteiger partial charge on any atom is -0.389 e. The van der Waals surface area contributed by atoms with E-state index in [2.05, 4.69) is 10.1 Å². The monoisotopic (exact) mass is 203 g/mol. The lowest BCUT2D eigenvalue weighted by Crippen LogP contribution is -2.00. The van der Waals surface area contributed by atoms with Crippen molar-refractivity contribution >= 4 is 0 Å². The summed E-state index contributed by atoms with van der Waals surface area (Å²) in [6, 6.07) is 5.61. The lowest BCUT2D eigenvalue weighted by Gasteiger charge is -2.05. The molecule has 0 bridgehead atoms. The molecule has 4 heteroatoms. The third kappa shape index (κ3) is 2.05. The quantitative estimate of drug-likeness (QED) is 0.807. The van der Waals surface area contributed by atoms with Crippen LogP contribution >= 0.6 is 0 Å². The summed E-state index contributed by atoms with van der Waals surface area (Å²) in [5.74, 6) is 0.757. The van der Waals surface area contributed by atoms with Crippen molar-refractivity contribution in [3.8, 4) is 5.82 Å². The Bertz CT molecular complexity index is 445. The van der Waals surface area contributed by atoms with Crippen molar-refractivity contribution in [2.45, 2.75) is 20.0 Å². The average Bonchev–Trinajstić information content (AvgIpc) is 2.65. The van der Waals surface area contributed by atoms with Gasteiger partial charge in [0.1, 0.15) is 0 Å². The van der Waals surface area contributed by atoms with E-state index in [1.165, 1.54) is 0 Å². The third-order valence-corrected chi connectivity index (χ3v) is 2.21.